The molecule has 0 aromatic carbocycles. The summed E-state index contributed by atoms with van der Waals surface area (Å²) < 4.78 is 12.2. The van der Waals surface area contributed by atoms with E-state index < -0.39 is 0 Å². The zero-order chi connectivity index (χ0) is 10.3. The minimum Gasteiger partial charge on any atom is -0.215 e. The Bertz CT molecular complexity index is 326. The van der Waals surface area contributed by atoms with Crippen molar-refractivity contribution in [3.63, 3.8) is 0 Å². The molecule has 0 amide bonds. The summed E-state index contributed by atoms with van der Waals surface area (Å²) in [6.45, 7) is 10.4. The van der Waals surface area contributed by atoms with E-state index in [4.69, 9.17) is 5.26 Å². The first kappa shape index (κ1) is 11.1. The standard InChI is InChI=1S/C11H10FN/c1-4-10(3)11(7-12)6-5-9(2)8-13/h4-7H,1-3H2/b6-5-,11-7-. The van der Waals surface area contributed by atoms with Crippen LogP contribution in [-0.2, 0) is 0 Å². The molecule has 0 aliphatic carbocycles. The van der Waals surface area contributed by atoms with Gasteiger partial charge in [0.1, 0.15) is 0 Å². The van der Waals surface area contributed by atoms with Crippen molar-refractivity contribution in [2.45, 2.75) is 0 Å². The van der Waals surface area contributed by atoms with Crippen molar-refractivity contribution >= 4 is 0 Å². The van der Waals surface area contributed by atoms with Crippen molar-refractivity contribution in [1.82, 2.24) is 0 Å². The fourth-order valence-electron chi connectivity index (χ4n) is 0.559. The van der Waals surface area contributed by atoms with Gasteiger partial charge in [-0.25, -0.2) is 4.39 Å². The van der Waals surface area contributed by atoms with Crippen LogP contribution in [0.2, 0.25) is 0 Å². The maximum absolute atomic E-state index is 12.2. The summed E-state index contributed by atoms with van der Waals surface area (Å²) in [6.07, 6.45) is 4.69. The van der Waals surface area contributed by atoms with E-state index in [1.54, 1.807) is 0 Å². The number of allylic oxidation sites excluding steroid dienone is 6. The molecule has 13 heavy (non-hydrogen) atoms. The molecule has 0 unspecified atom stereocenters. The molecule has 0 atom stereocenters. The van der Waals surface area contributed by atoms with E-state index in [2.05, 4.69) is 19.7 Å². The quantitative estimate of drug-likeness (QED) is 0.475. The summed E-state index contributed by atoms with van der Waals surface area (Å²) >= 11 is 0. The summed E-state index contributed by atoms with van der Waals surface area (Å²) in [4.78, 5) is 0. The Labute approximate surface area is 77.5 Å². The first-order chi connectivity index (χ1) is 6.15. The molecule has 2 heteroatoms. The van der Waals surface area contributed by atoms with E-state index in [1.807, 2.05) is 6.07 Å². The minimum atomic E-state index is 0.260. The Morgan fingerprint density at radius 3 is 2.31 bits per heavy atom. The van der Waals surface area contributed by atoms with Crippen molar-refractivity contribution < 1.29 is 4.39 Å². The monoisotopic (exact) mass is 175 g/mol. The van der Waals surface area contributed by atoms with Crippen LogP contribution in [0.3, 0.4) is 0 Å². The van der Waals surface area contributed by atoms with Gasteiger partial charge in [0.25, 0.3) is 0 Å². The molecule has 0 spiro atoms. The Morgan fingerprint density at radius 1 is 1.31 bits per heavy atom. The highest BCUT2D eigenvalue weighted by Crippen LogP contribution is 2.11. The van der Waals surface area contributed by atoms with Gasteiger partial charge in [-0.2, -0.15) is 5.26 Å². The van der Waals surface area contributed by atoms with Gasteiger partial charge >= 0.3 is 0 Å². The topological polar surface area (TPSA) is 23.8 Å². The zero-order valence-corrected chi connectivity index (χ0v) is 7.26. The van der Waals surface area contributed by atoms with Crippen LogP contribution < -0.4 is 0 Å². The fourth-order valence-corrected chi connectivity index (χ4v) is 0.559. The van der Waals surface area contributed by atoms with Crippen molar-refractivity contribution in [3.05, 3.63) is 61.0 Å². The van der Waals surface area contributed by atoms with Gasteiger partial charge in [0, 0.05) is 11.1 Å². The van der Waals surface area contributed by atoms with Crippen LogP contribution in [0.4, 0.5) is 4.39 Å². The third kappa shape index (κ3) is 3.88. The summed E-state index contributed by atoms with van der Waals surface area (Å²) in [6, 6.07) is 1.81. The molecule has 0 saturated carbocycles. The highest BCUT2D eigenvalue weighted by Gasteiger charge is 1.94. The molecule has 0 saturated heterocycles. The lowest BCUT2D eigenvalue weighted by Gasteiger charge is -1.96. The van der Waals surface area contributed by atoms with Gasteiger partial charge in [-0.3, -0.25) is 0 Å². The molecule has 0 rings (SSSR count). The molecule has 0 aliphatic heterocycles. The smallest absolute Gasteiger partial charge is 0.0985 e. The Balaban J connectivity index is 4.60. The molecule has 0 bridgehead atoms. The molecule has 0 fully saturated rings. The predicted molar refractivity (Wildman–Crippen MR) is 52.4 cm³/mol. The first-order valence-corrected chi connectivity index (χ1v) is 3.55. The Kier molecular flexibility index (Phi) is 4.90. The van der Waals surface area contributed by atoms with Crippen LogP contribution in [0.1, 0.15) is 0 Å². The van der Waals surface area contributed by atoms with Crippen LogP contribution in [0, 0.1) is 11.3 Å². The SMILES string of the molecule is C=CC(=C)C(/C=C\C(=C)C#N)=C\F. The molecule has 1 nitrogen and oxygen atoms in total. The third-order valence-corrected chi connectivity index (χ3v) is 1.34. The van der Waals surface area contributed by atoms with Crippen LogP contribution in [-0.4, -0.2) is 0 Å². The molecule has 0 aromatic heterocycles. The number of nitriles is 1. The fraction of sp³-hybridized carbons (Fsp3) is 0. The van der Waals surface area contributed by atoms with Crippen molar-refractivity contribution in [3.8, 4) is 6.07 Å². The highest BCUT2D eigenvalue weighted by molar-refractivity contribution is 5.45. The molecule has 0 radical (unpaired) electrons. The Hall–Kier alpha value is -1.88. The van der Waals surface area contributed by atoms with Gasteiger partial charge < -0.3 is 0 Å². The van der Waals surface area contributed by atoms with Crippen molar-refractivity contribution in [2.75, 3.05) is 0 Å². The predicted octanol–water partition coefficient (Wildman–Crippen LogP) is 3.22. The second-order valence-corrected chi connectivity index (χ2v) is 2.26. The number of hydrogen-bond donors (Lipinski definition) is 0. The second kappa shape index (κ2) is 5.73. The first-order valence-electron chi connectivity index (χ1n) is 3.55. The number of hydrogen-bond acceptors (Lipinski definition) is 1. The number of rotatable bonds is 4. The van der Waals surface area contributed by atoms with Gasteiger partial charge in [-0.15, -0.1) is 0 Å². The van der Waals surface area contributed by atoms with Crippen LogP contribution in [0.5, 0.6) is 0 Å². The van der Waals surface area contributed by atoms with Gasteiger partial charge in [-0.1, -0.05) is 31.9 Å². The van der Waals surface area contributed by atoms with Gasteiger partial charge in [0.15, 0.2) is 0 Å². The van der Waals surface area contributed by atoms with Crippen LogP contribution in [0.25, 0.3) is 0 Å². The summed E-state index contributed by atoms with van der Waals surface area (Å²) in [5, 5.41) is 8.36. The molecule has 0 N–H and O–H groups in total. The molecule has 0 heterocycles. The lowest BCUT2D eigenvalue weighted by Crippen LogP contribution is -1.79. The zero-order valence-electron chi connectivity index (χ0n) is 7.26. The maximum Gasteiger partial charge on any atom is 0.0985 e. The third-order valence-electron chi connectivity index (χ3n) is 1.34. The molecule has 0 aromatic rings. The van der Waals surface area contributed by atoms with E-state index >= 15 is 0 Å². The lowest BCUT2D eigenvalue weighted by atomic mass is 10.1. The molecular weight excluding hydrogens is 165 g/mol. The molecule has 0 aliphatic rings. The maximum atomic E-state index is 12.2. The highest BCUT2D eigenvalue weighted by atomic mass is 19.1. The van der Waals surface area contributed by atoms with Crippen molar-refractivity contribution in [1.29, 1.82) is 5.26 Å². The van der Waals surface area contributed by atoms with E-state index in [1.165, 1.54) is 18.2 Å². The van der Waals surface area contributed by atoms with E-state index in [0.29, 0.717) is 11.9 Å². The summed E-state index contributed by atoms with van der Waals surface area (Å²) in [5.41, 5.74) is 1.01. The second-order valence-electron chi connectivity index (χ2n) is 2.26. The largest absolute Gasteiger partial charge is 0.215 e. The minimum absolute atomic E-state index is 0.260. The lowest BCUT2D eigenvalue weighted by molar-refractivity contribution is 0.715. The van der Waals surface area contributed by atoms with Gasteiger partial charge in [0.05, 0.1) is 12.4 Å². The van der Waals surface area contributed by atoms with Crippen molar-refractivity contribution in [2.24, 2.45) is 0 Å². The number of nitrogens with zero attached hydrogens (tertiary/aromatic N) is 1. The van der Waals surface area contributed by atoms with E-state index in [0.717, 1.165) is 0 Å². The summed E-state index contributed by atoms with van der Waals surface area (Å²) in [7, 11) is 0. The molecular formula is C11H10FN. The van der Waals surface area contributed by atoms with Gasteiger partial charge in [0.2, 0.25) is 0 Å². The Morgan fingerprint density at radius 2 is 1.92 bits per heavy atom. The van der Waals surface area contributed by atoms with Crippen LogP contribution >= 0.6 is 0 Å². The average Bonchev–Trinajstić information content (AvgIpc) is 2.17. The average molecular weight is 175 g/mol. The van der Waals surface area contributed by atoms with E-state index in [-0.39, 0.29) is 11.1 Å². The molecule has 66 valence electrons. The van der Waals surface area contributed by atoms with Gasteiger partial charge in [-0.05, 0) is 11.6 Å². The number of halogens is 1. The van der Waals surface area contributed by atoms with E-state index in [9.17, 15) is 4.39 Å². The van der Waals surface area contributed by atoms with Crippen LogP contribution in [0.15, 0.2) is 61.0 Å². The summed E-state index contributed by atoms with van der Waals surface area (Å²) in [5.74, 6) is 0. The normalized spacial score (nSPS) is 10.9.